The lowest BCUT2D eigenvalue weighted by Crippen LogP contribution is -2.15. The van der Waals surface area contributed by atoms with Gasteiger partial charge in [-0.3, -0.25) is 0 Å². The lowest BCUT2D eigenvalue weighted by Gasteiger charge is -2.12. The summed E-state index contributed by atoms with van der Waals surface area (Å²) in [6, 6.07) is 11.8. The van der Waals surface area contributed by atoms with Gasteiger partial charge in [-0.15, -0.1) is 0 Å². The number of benzene rings is 2. The van der Waals surface area contributed by atoms with Crippen molar-refractivity contribution < 1.29 is 4.39 Å². The molecule has 0 heterocycles. The first kappa shape index (κ1) is 13.6. The highest BCUT2D eigenvalue weighted by Gasteiger charge is 2.20. The summed E-state index contributed by atoms with van der Waals surface area (Å²) in [6.45, 7) is 2.55. The highest BCUT2D eigenvalue weighted by molar-refractivity contribution is 6.30. The zero-order valence-electron chi connectivity index (χ0n) is 11.4. The Morgan fingerprint density at radius 3 is 2.70 bits per heavy atom. The van der Waals surface area contributed by atoms with Gasteiger partial charge in [-0.25, -0.2) is 4.39 Å². The van der Waals surface area contributed by atoms with Crippen molar-refractivity contribution in [2.75, 3.05) is 0 Å². The molecule has 20 heavy (non-hydrogen) atoms. The van der Waals surface area contributed by atoms with Crippen molar-refractivity contribution in [1.82, 2.24) is 5.32 Å². The molecule has 0 amide bonds. The van der Waals surface area contributed by atoms with Crippen LogP contribution in [-0.4, -0.2) is 6.04 Å². The third kappa shape index (κ3) is 3.02. The maximum absolute atomic E-state index is 13.8. The van der Waals surface area contributed by atoms with Crippen molar-refractivity contribution in [3.8, 4) is 11.1 Å². The summed E-state index contributed by atoms with van der Waals surface area (Å²) in [5, 5.41) is 4.20. The Labute approximate surface area is 123 Å². The molecule has 0 radical (unpaired) electrons. The van der Waals surface area contributed by atoms with E-state index in [2.05, 4.69) is 5.32 Å². The monoisotopic (exact) mass is 289 g/mol. The summed E-state index contributed by atoms with van der Waals surface area (Å²) >= 11 is 6.09. The topological polar surface area (TPSA) is 12.0 Å². The van der Waals surface area contributed by atoms with Crippen molar-refractivity contribution in [3.05, 3.63) is 58.4 Å². The molecular formula is C17H17ClFN. The zero-order valence-corrected chi connectivity index (χ0v) is 12.2. The van der Waals surface area contributed by atoms with Crippen molar-refractivity contribution in [3.63, 3.8) is 0 Å². The summed E-state index contributed by atoms with van der Waals surface area (Å²) in [4.78, 5) is 0. The third-order valence-corrected chi connectivity index (χ3v) is 3.94. The second-order valence-corrected chi connectivity index (χ2v) is 5.86. The minimum Gasteiger partial charge on any atom is -0.310 e. The molecule has 2 aromatic carbocycles. The van der Waals surface area contributed by atoms with Crippen LogP contribution in [0.3, 0.4) is 0 Å². The van der Waals surface area contributed by atoms with E-state index >= 15 is 0 Å². The van der Waals surface area contributed by atoms with Crippen LogP contribution in [0, 0.1) is 12.7 Å². The minimum absolute atomic E-state index is 0.168. The van der Waals surface area contributed by atoms with Crippen molar-refractivity contribution in [1.29, 1.82) is 0 Å². The Kier molecular flexibility index (Phi) is 3.77. The third-order valence-electron chi connectivity index (χ3n) is 3.71. The fourth-order valence-electron chi connectivity index (χ4n) is 2.29. The molecule has 3 rings (SSSR count). The predicted octanol–water partition coefficient (Wildman–Crippen LogP) is 4.71. The summed E-state index contributed by atoms with van der Waals surface area (Å²) in [5.74, 6) is -0.168. The normalized spacial score (nSPS) is 14.6. The van der Waals surface area contributed by atoms with Gasteiger partial charge in [-0.05, 0) is 60.2 Å². The van der Waals surface area contributed by atoms with Crippen LogP contribution < -0.4 is 5.32 Å². The number of hydrogen-bond donors (Lipinski definition) is 1. The zero-order chi connectivity index (χ0) is 14.1. The van der Waals surface area contributed by atoms with Crippen molar-refractivity contribution in [2.45, 2.75) is 32.4 Å². The van der Waals surface area contributed by atoms with Crippen LogP contribution >= 0.6 is 11.6 Å². The fourth-order valence-corrected chi connectivity index (χ4v) is 2.49. The minimum atomic E-state index is -0.168. The van der Waals surface area contributed by atoms with Gasteiger partial charge in [0.25, 0.3) is 0 Å². The van der Waals surface area contributed by atoms with Crippen LogP contribution in [0.15, 0.2) is 36.4 Å². The van der Waals surface area contributed by atoms with Crippen LogP contribution in [-0.2, 0) is 6.54 Å². The average molecular weight is 290 g/mol. The van der Waals surface area contributed by atoms with Crippen LogP contribution in [0.1, 0.15) is 24.0 Å². The Morgan fingerprint density at radius 1 is 1.20 bits per heavy atom. The Morgan fingerprint density at radius 2 is 2.00 bits per heavy atom. The van der Waals surface area contributed by atoms with Gasteiger partial charge in [0.15, 0.2) is 0 Å². The van der Waals surface area contributed by atoms with Crippen LogP contribution in [0.2, 0.25) is 5.02 Å². The van der Waals surface area contributed by atoms with Crippen LogP contribution in [0.5, 0.6) is 0 Å². The van der Waals surface area contributed by atoms with Gasteiger partial charge in [0.05, 0.1) is 0 Å². The van der Waals surface area contributed by atoms with E-state index in [1.807, 2.05) is 30.3 Å². The lowest BCUT2D eigenvalue weighted by atomic mass is 9.98. The molecular weight excluding hydrogens is 273 g/mol. The molecule has 1 N–H and O–H groups in total. The molecule has 1 nitrogen and oxygen atoms in total. The number of aryl methyl sites for hydroxylation is 1. The second-order valence-electron chi connectivity index (χ2n) is 5.42. The molecule has 1 aliphatic carbocycles. The van der Waals surface area contributed by atoms with Gasteiger partial charge in [-0.1, -0.05) is 29.8 Å². The molecule has 0 aliphatic heterocycles. The van der Waals surface area contributed by atoms with E-state index in [9.17, 15) is 4.39 Å². The summed E-state index contributed by atoms with van der Waals surface area (Å²) in [5.41, 5.74) is 3.73. The van der Waals surface area contributed by atoms with E-state index in [0.29, 0.717) is 16.6 Å². The highest BCUT2D eigenvalue weighted by Crippen LogP contribution is 2.29. The molecule has 0 atom stereocenters. The van der Waals surface area contributed by atoms with E-state index in [1.54, 1.807) is 13.0 Å². The first-order chi connectivity index (χ1) is 9.63. The van der Waals surface area contributed by atoms with Crippen molar-refractivity contribution >= 4 is 11.6 Å². The Hall–Kier alpha value is -1.38. The largest absolute Gasteiger partial charge is 0.310 e. The molecule has 0 bridgehead atoms. The molecule has 2 aromatic rings. The standard InChI is InChI=1S/C17H17ClFN/c1-11-2-3-12(9-17(11)19)16-7-4-14(18)8-13(16)10-20-15-5-6-15/h2-4,7-9,15,20H,5-6,10H2,1H3. The van der Waals surface area contributed by atoms with E-state index in [0.717, 1.165) is 23.2 Å². The molecule has 0 saturated heterocycles. The van der Waals surface area contributed by atoms with E-state index in [-0.39, 0.29) is 5.82 Å². The molecule has 0 aromatic heterocycles. The summed E-state index contributed by atoms with van der Waals surface area (Å²) in [6.07, 6.45) is 2.49. The molecule has 104 valence electrons. The van der Waals surface area contributed by atoms with Gasteiger partial charge in [0, 0.05) is 17.6 Å². The fraction of sp³-hybridized carbons (Fsp3) is 0.294. The molecule has 1 saturated carbocycles. The van der Waals surface area contributed by atoms with E-state index in [1.165, 1.54) is 12.8 Å². The van der Waals surface area contributed by atoms with Gasteiger partial charge < -0.3 is 5.32 Å². The van der Waals surface area contributed by atoms with Crippen molar-refractivity contribution in [2.24, 2.45) is 0 Å². The maximum Gasteiger partial charge on any atom is 0.126 e. The first-order valence-electron chi connectivity index (χ1n) is 6.92. The number of halogens is 2. The lowest BCUT2D eigenvalue weighted by molar-refractivity contribution is 0.619. The van der Waals surface area contributed by atoms with Gasteiger partial charge in [-0.2, -0.15) is 0 Å². The number of hydrogen-bond acceptors (Lipinski definition) is 1. The van der Waals surface area contributed by atoms with Gasteiger partial charge >= 0.3 is 0 Å². The quantitative estimate of drug-likeness (QED) is 0.860. The molecule has 1 aliphatic rings. The van der Waals surface area contributed by atoms with E-state index < -0.39 is 0 Å². The Bertz CT molecular complexity index is 635. The predicted molar refractivity (Wildman–Crippen MR) is 81.4 cm³/mol. The summed E-state index contributed by atoms with van der Waals surface area (Å²) in [7, 11) is 0. The molecule has 1 fully saturated rings. The van der Waals surface area contributed by atoms with Crippen LogP contribution in [0.4, 0.5) is 4.39 Å². The van der Waals surface area contributed by atoms with Gasteiger partial charge in [0.1, 0.15) is 5.82 Å². The number of nitrogens with one attached hydrogen (secondary N) is 1. The Balaban J connectivity index is 1.95. The smallest absolute Gasteiger partial charge is 0.126 e. The molecule has 3 heteroatoms. The molecule has 0 unspecified atom stereocenters. The average Bonchev–Trinajstić information content (AvgIpc) is 3.24. The first-order valence-corrected chi connectivity index (χ1v) is 7.29. The summed E-state index contributed by atoms with van der Waals surface area (Å²) < 4.78 is 13.8. The van der Waals surface area contributed by atoms with Crippen LogP contribution in [0.25, 0.3) is 11.1 Å². The van der Waals surface area contributed by atoms with E-state index in [4.69, 9.17) is 11.6 Å². The highest BCUT2D eigenvalue weighted by atomic mass is 35.5. The molecule has 0 spiro atoms. The SMILES string of the molecule is Cc1ccc(-c2ccc(Cl)cc2CNC2CC2)cc1F. The van der Waals surface area contributed by atoms with Gasteiger partial charge in [0.2, 0.25) is 0 Å². The number of rotatable bonds is 4. The maximum atomic E-state index is 13.8. The second kappa shape index (κ2) is 5.55.